The van der Waals surface area contributed by atoms with E-state index < -0.39 is 6.10 Å². The Balaban J connectivity index is 4.32. The molecule has 1 atom stereocenters. The Labute approximate surface area is 342 Å². The van der Waals surface area contributed by atoms with Crippen molar-refractivity contribution in [1.82, 2.24) is 0 Å². The van der Waals surface area contributed by atoms with E-state index in [1.807, 2.05) is 0 Å². The van der Waals surface area contributed by atoms with Gasteiger partial charge in [0.1, 0.15) is 13.2 Å². The van der Waals surface area contributed by atoms with Crippen LogP contribution in [0.2, 0.25) is 0 Å². The average Bonchev–Trinajstić information content (AvgIpc) is 3.15. The van der Waals surface area contributed by atoms with Gasteiger partial charge in [-0.3, -0.25) is 14.4 Å². The summed E-state index contributed by atoms with van der Waals surface area (Å²) in [5, 5.41) is 0. The maximum Gasteiger partial charge on any atom is 0.306 e. The molecule has 0 bridgehead atoms. The van der Waals surface area contributed by atoms with Crippen molar-refractivity contribution in [2.75, 3.05) is 13.2 Å². The van der Waals surface area contributed by atoms with E-state index >= 15 is 0 Å². The normalized spacial score (nSPS) is 12.1. The van der Waals surface area contributed by atoms with Gasteiger partial charge in [-0.15, -0.1) is 0 Å². The molecule has 326 valence electrons. The quantitative estimate of drug-likeness (QED) is 0.0348. The topological polar surface area (TPSA) is 78.9 Å². The van der Waals surface area contributed by atoms with Gasteiger partial charge in [0.2, 0.25) is 0 Å². The van der Waals surface area contributed by atoms with Gasteiger partial charge < -0.3 is 14.2 Å². The van der Waals surface area contributed by atoms with Crippen molar-refractivity contribution in [3.05, 3.63) is 0 Å². The predicted octanol–water partition coefficient (Wildman–Crippen LogP) is 15.4. The van der Waals surface area contributed by atoms with Crippen LogP contribution in [0, 0.1) is 11.8 Å². The molecule has 0 radical (unpaired) electrons. The first kappa shape index (κ1) is 53.4. The summed E-state index contributed by atoms with van der Waals surface area (Å²) in [6.07, 6.45) is 40.9. The van der Waals surface area contributed by atoms with Crippen LogP contribution in [0.5, 0.6) is 0 Å². The van der Waals surface area contributed by atoms with Crippen LogP contribution in [0.1, 0.15) is 266 Å². The van der Waals surface area contributed by atoms with Gasteiger partial charge in [-0.1, -0.05) is 227 Å². The van der Waals surface area contributed by atoms with Crippen LogP contribution in [0.25, 0.3) is 0 Å². The summed E-state index contributed by atoms with van der Waals surface area (Å²) in [7, 11) is 0. The summed E-state index contributed by atoms with van der Waals surface area (Å²) in [6.45, 7) is 11.3. The van der Waals surface area contributed by atoms with E-state index in [1.54, 1.807) is 0 Å². The van der Waals surface area contributed by atoms with Crippen molar-refractivity contribution in [3.8, 4) is 0 Å². The van der Waals surface area contributed by atoms with Gasteiger partial charge in [0, 0.05) is 19.3 Å². The number of rotatable bonds is 43. The van der Waals surface area contributed by atoms with Gasteiger partial charge in [0.05, 0.1) is 0 Å². The van der Waals surface area contributed by atoms with E-state index in [9.17, 15) is 14.4 Å². The first-order valence-corrected chi connectivity index (χ1v) is 24.2. The molecule has 6 heteroatoms. The molecule has 0 aliphatic heterocycles. The van der Waals surface area contributed by atoms with Crippen molar-refractivity contribution in [2.24, 2.45) is 11.8 Å². The lowest BCUT2D eigenvalue weighted by molar-refractivity contribution is -0.167. The van der Waals surface area contributed by atoms with Crippen molar-refractivity contribution in [3.63, 3.8) is 0 Å². The van der Waals surface area contributed by atoms with E-state index in [2.05, 4.69) is 34.6 Å². The fourth-order valence-electron chi connectivity index (χ4n) is 7.28. The van der Waals surface area contributed by atoms with Gasteiger partial charge in [0.25, 0.3) is 0 Å². The zero-order valence-corrected chi connectivity index (χ0v) is 37.6. The average molecular weight is 779 g/mol. The molecule has 0 aliphatic rings. The largest absolute Gasteiger partial charge is 0.462 e. The van der Waals surface area contributed by atoms with E-state index in [4.69, 9.17) is 14.2 Å². The second-order valence-corrected chi connectivity index (χ2v) is 17.7. The van der Waals surface area contributed by atoms with Crippen LogP contribution < -0.4 is 0 Å². The van der Waals surface area contributed by atoms with Gasteiger partial charge in [-0.2, -0.15) is 0 Å². The second kappa shape index (κ2) is 42.0. The molecule has 0 aromatic heterocycles. The minimum atomic E-state index is -0.761. The van der Waals surface area contributed by atoms with Crippen LogP contribution in [0.4, 0.5) is 0 Å². The Bertz CT molecular complexity index is 839. The maximum atomic E-state index is 12.7. The Kier molecular flexibility index (Phi) is 40.8. The zero-order valence-electron chi connectivity index (χ0n) is 37.6. The molecule has 0 aromatic rings. The molecule has 0 N–H and O–H groups in total. The number of hydrogen-bond donors (Lipinski definition) is 0. The third-order valence-electron chi connectivity index (χ3n) is 11.0. The van der Waals surface area contributed by atoms with Crippen LogP contribution in [-0.4, -0.2) is 37.2 Å². The lowest BCUT2D eigenvalue weighted by Crippen LogP contribution is -2.30. The molecule has 0 heterocycles. The van der Waals surface area contributed by atoms with Gasteiger partial charge >= 0.3 is 17.9 Å². The van der Waals surface area contributed by atoms with Crippen LogP contribution in [0.3, 0.4) is 0 Å². The Morgan fingerprint density at radius 2 is 0.600 bits per heavy atom. The van der Waals surface area contributed by atoms with E-state index in [1.165, 1.54) is 154 Å². The molecule has 0 rings (SSSR count). The summed E-state index contributed by atoms with van der Waals surface area (Å²) in [5.41, 5.74) is 0. The Morgan fingerprint density at radius 3 is 0.891 bits per heavy atom. The minimum Gasteiger partial charge on any atom is -0.462 e. The fourth-order valence-corrected chi connectivity index (χ4v) is 7.28. The highest BCUT2D eigenvalue weighted by atomic mass is 16.6. The fraction of sp³-hybridized carbons (Fsp3) is 0.939. The number of ether oxygens (including phenoxy) is 3. The standard InChI is InChI=1S/C49H94O6/c1-6-7-8-9-10-11-13-19-24-29-34-39-47(50)53-42-46(55-49(52)41-36-31-26-21-16-18-23-28-33-38-45(4)5)43-54-48(51)40-35-30-25-20-15-12-14-17-22-27-32-37-44(2)3/h44-46H,6-43H2,1-5H3/t46-/m0/s1. The van der Waals surface area contributed by atoms with Crippen molar-refractivity contribution >= 4 is 17.9 Å². The molecular weight excluding hydrogens is 685 g/mol. The molecule has 0 saturated heterocycles. The monoisotopic (exact) mass is 779 g/mol. The molecule has 0 saturated carbocycles. The summed E-state index contributed by atoms with van der Waals surface area (Å²) in [6, 6.07) is 0. The number of hydrogen-bond acceptors (Lipinski definition) is 6. The summed E-state index contributed by atoms with van der Waals surface area (Å²) in [5.74, 6) is 0.778. The van der Waals surface area contributed by atoms with E-state index in [0.29, 0.717) is 19.3 Å². The van der Waals surface area contributed by atoms with Crippen LogP contribution in [0.15, 0.2) is 0 Å². The van der Waals surface area contributed by atoms with Crippen LogP contribution >= 0.6 is 0 Å². The third-order valence-corrected chi connectivity index (χ3v) is 11.0. The zero-order chi connectivity index (χ0) is 40.5. The van der Waals surface area contributed by atoms with E-state index in [-0.39, 0.29) is 31.1 Å². The number of carbonyl (C=O) groups excluding carboxylic acids is 3. The highest BCUT2D eigenvalue weighted by Crippen LogP contribution is 2.17. The number of esters is 3. The lowest BCUT2D eigenvalue weighted by atomic mass is 10.0. The predicted molar refractivity (Wildman–Crippen MR) is 233 cm³/mol. The smallest absolute Gasteiger partial charge is 0.306 e. The third kappa shape index (κ3) is 43.4. The van der Waals surface area contributed by atoms with Crippen LogP contribution in [-0.2, 0) is 28.6 Å². The first-order valence-electron chi connectivity index (χ1n) is 24.2. The first-order chi connectivity index (χ1) is 26.7. The van der Waals surface area contributed by atoms with Gasteiger partial charge in [-0.25, -0.2) is 0 Å². The minimum absolute atomic E-state index is 0.0645. The molecule has 0 unspecified atom stereocenters. The Hall–Kier alpha value is -1.59. The molecule has 0 fully saturated rings. The highest BCUT2D eigenvalue weighted by Gasteiger charge is 2.19. The highest BCUT2D eigenvalue weighted by molar-refractivity contribution is 5.71. The van der Waals surface area contributed by atoms with E-state index in [0.717, 1.165) is 69.6 Å². The maximum absolute atomic E-state index is 12.7. The summed E-state index contributed by atoms with van der Waals surface area (Å²) in [4.78, 5) is 37.8. The van der Waals surface area contributed by atoms with Crippen molar-refractivity contribution < 1.29 is 28.6 Å². The molecular formula is C49H94O6. The Morgan fingerprint density at radius 1 is 0.345 bits per heavy atom. The lowest BCUT2D eigenvalue weighted by Gasteiger charge is -2.18. The van der Waals surface area contributed by atoms with Crippen molar-refractivity contribution in [1.29, 1.82) is 0 Å². The number of carbonyl (C=O) groups is 3. The molecule has 0 amide bonds. The summed E-state index contributed by atoms with van der Waals surface area (Å²) < 4.78 is 16.8. The molecule has 0 aliphatic carbocycles. The molecule has 0 spiro atoms. The number of unbranched alkanes of at least 4 members (excludes halogenated alkanes) is 28. The molecule has 0 aromatic carbocycles. The van der Waals surface area contributed by atoms with Gasteiger partial charge in [0.15, 0.2) is 6.10 Å². The van der Waals surface area contributed by atoms with Gasteiger partial charge in [-0.05, 0) is 31.1 Å². The molecule has 55 heavy (non-hydrogen) atoms. The SMILES string of the molecule is CCCCCCCCCCCCCC(=O)OC[C@@H](COC(=O)CCCCCCCCCCCCCC(C)C)OC(=O)CCCCCCCCCCCC(C)C. The molecule has 6 nitrogen and oxygen atoms in total. The van der Waals surface area contributed by atoms with Crippen molar-refractivity contribution in [2.45, 2.75) is 272 Å². The summed E-state index contributed by atoms with van der Waals surface area (Å²) >= 11 is 0. The second-order valence-electron chi connectivity index (χ2n) is 17.7.